The van der Waals surface area contributed by atoms with Gasteiger partial charge in [-0.05, 0) is 19.1 Å². The van der Waals surface area contributed by atoms with Crippen molar-refractivity contribution < 1.29 is 9.18 Å². The van der Waals surface area contributed by atoms with Crippen LogP contribution in [0.25, 0.3) is 0 Å². The largest absolute Gasteiger partial charge is 0.389 e. The molecule has 0 atom stereocenters. The molecule has 1 rings (SSSR count). The Morgan fingerprint density at radius 2 is 2.22 bits per heavy atom. The Labute approximate surface area is 111 Å². The molecule has 0 bridgehead atoms. The monoisotopic (exact) mass is 269 g/mol. The summed E-state index contributed by atoms with van der Waals surface area (Å²) in [6, 6.07) is 4.45. The zero-order valence-electron chi connectivity index (χ0n) is 10.4. The highest BCUT2D eigenvalue weighted by atomic mass is 32.1. The minimum Gasteiger partial charge on any atom is -0.389 e. The second-order valence-electron chi connectivity index (χ2n) is 3.79. The fourth-order valence-corrected chi connectivity index (χ4v) is 1.61. The molecule has 0 aliphatic rings. The van der Waals surface area contributed by atoms with Crippen molar-refractivity contribution in [2.45, 2.75) is 6.92 Å². The zero-order chi connectivity index (χ0) is 13.7. The number of nitrogens with two attached hydrogens (primary N) is 1. The van der Waals surface area contributed by atoms with Crippen LogP contribution in [0, 0.1) is 5.82 Å². The van der Waals surface area contributed by atoms with E-state index in [4.69, 9.17) is 18.0 Å². The van der Waals surface area contributed by atoms with E-state index in [2.05, 4.69) is 5.32 Å². The third-order valence-corrected chi connectivity index (χ3v) is 2.79. The van der Waals surface area contributed by atoms with Crippen LogP contribution in [0.15, 0.2) is 18.2 Å². The molecule has 1 aromatic carbocycles. The Balaban J connectivity index is 2.83. The average Bonchev–Trinajstić information content (AvgIpc) is 2.34. The molecule has 0 unspecified atom stereocenters. The summed E-state index contributed by atoms with van der Waals surface area (Å²) >= 11 is 4.79. The lowest BCUT2D eigenvalue weighted by Crippen LogP contribution is -2.32. The number of halogens is 1. The minimum atomic E-state index is -0.496. The first kappa shape index (κ1) is 14.4. The van der Waals surface area contributed by atoms with Crippen LogP contribution in [-0.4, -0.2) is 35.9 Å². The smallest absolute Gasteiger partial charge is 0.241 e. The fourth-order valence-electron chi connectivity index (χ4n) is 1.40. The third-order valence-electron chi connectivity index (χ3n) is 2.59. The molecule has 0 heterocycles. The van der Waals surface area contributed by atoms with Gasteiger partial charge in [0.15, 0.2) is 0 Å². The SMILES string of the molecule is CCN(C)C(=O)CNc1cccc(F)c1C(N)=S. The molecule has 3 N–H and O–H groups in total. The third kappa shape index (κ3) is 3.40. The van der Waals surface area contributed by atoms with Gasteiger partial charge in [0.1, 0.15) is 10.8 Å². The van der Waals surface area contributed by atoms with Gasteiger partial charge in [0, 0.05) is 19.3 Å². The molecule has 0 radical (unpaired) electrons. The van der Waals surface area contributed by atoms with E-state index in [-0.39, 0.29) is 23.0 Å². The van der Waals surface area contributed by atoms with Gasteiger partial charge in [0.25, 0.3) is 0 Å². The van der Waals surface area contributed by atoms with Gasteiger partial charge in [-0.25, -0.2) is 4.39 Å². The lowest BCUT2D eigenvalue weighted by atomic mass is 10.1. The number of hydrogen-bond donors (Lipinski definition) is 2. The Kier molecular flexibility index (Phi) is 5.03. The predicted octanol–water partition coefficient (Wildman–Crippen LogP) is 1.35. The number of thiocarbonyl (C=S) groups is 1. The number of anilines is 1. The molecule has 6 heteroatoms. The van der Waals surface area contributed by atoms with Crippen molar-refractivity contribution in [2.75, 3.05) is 25.5 Å². The number of amides is 1. The van der Waals surface area contributed by atoms with Gasteiger partial charge in [-0.1, -0.05) is 18.3 Å². The minimum absolute atomic E-state index is 0.0353. The molecule has 1 aromatic rings. The standard InChI is InChI=1S/C12H16FN3OS/c1-3-16(2)10(17)7-15-9-6-4-5-8(13)11(9)12(14)18/h4-6,15H,3,7H2,1-2H3,(H2,14,18). The van der Waals surface area contributed by atoms with Crippen molar-refractivity contribution in [3.63, 3.8) is 0 Å². The molecule has 0 aliphatic carbocycles. The van der Waals surface area contributed by atoms with E-state index in [0.717, 1.165) is 0 Å². The molecule has 0 saturated heterocycles. The van der Waals surface area contributed by atoms with Crippen LogP contribution in [0.2, 0.25) is 0 Å². The summed E-state index contributed by atoms with van der Waals surface area (Å²) in [5.74, 6) is -0.584. The molecule has 0 saturated carbocycles. The van der Waals surface area contributed by atoms with E-state index in [1.54, 1.807) is 18.0 Å². The maximum atomic E-state index is 13.5. The summed E-state index contributed by atoms with van der Waals surface area (Å²) in [5, 5.41) is 2.85. The lowest BCUT2D eigenvalue weighted by Gasteiger charge is -2.16. The number of carbonyl (C=O) groups is 1. The summed E-state index contributed by atoms with van der Waals surface area (Å²) in [4.78, 5) is 13.1. The van der Waals surface area contributed by atoms with Gasteiger partial charge in [-0.3, -0.25) is 4.79 Å². The molecular formula is C12H16FN3OS. The summed E-state index contributed by atoms with van der Waals surface area (Å²) in [6.45, 7) is 2.57. The van der Waals surface area contributed by atoms with Crippen molar-refractivity contribution in [3.8, 4) is 0 Å². The van der Waals surface area contributed by atoms with Gasteiger partial charge in [-0.15, -0.1) is 0 Å². The molecule has 4 nitrogen and oxygen atoms in total. The van der Waals surface area contributed by atoms with Gasteiger partial charge >= 0.3 is 0 Å². The predicted molar refractivity (Wildman–Crippen MR) is 74.1 cm³/mol. The van der Waals surface area contributed by atoms with Crippen LogP contribution in [0.4, 0.5) is 10.1 Å². The van der Waals surface area contributed by atoms with Crippen molar-refractivity contribution in [3.05, 3.63) is 29.6 Å². The van der Waals surface area contributed by atoms with Crippen molar-refractivity contribution in [1.82, 2.24) is 4.90 Å². The molecular weight excluding hydrogens is 253 g/mol. The highest BCUT2D eigenvalue weighted by Crippen LogP contribution is 2.18. The van der Waals surface area contributed by atoms with Gasteiger partial charge in [0.05, 0.1) is 12.1 Å². The summed E-state index contributed by atoms with van der Waals surface area (Å²) in [7, 11) is 1.70. The number of rotatable bonds is 5. The van der Waals surface area contributed by atoms with Crippen LogP contribution >= 0.6 is 12.2 Å². The number of likely N-dealkylation sites (N-methyl/N-ethyl adjacent to an activating group) is 1. The Bertz CT molecular complexity index is 465. The highest BCUT2D eigenvalue weighted by molar-refractivity contribution is 7.80. The summed E-state index contributed by atoms with van der Waals surface area (Å²) in [5.41, 5.74) is 6.03. The first-order chi connectivity index (χ1) is 8.47. The number of hydrogen-bond acceptors (Lipinski definition) is 3. The second kappa shape index (κ2) is 6.30. The first-order valence-corrected chi connectivity index (χ1v) is 5.94. The van der Waals surface area contributed by atoms with E-state index >= 15 is 0 Å². The second-order valence-corrected chi connectivity index (χ2v) is 4.23. The molecule has 18 heavy (non-hydrogen) atoms. The maximum absolute atomic E-state index is 13.5. The molecule has 0 spiro atoms. The van der Waals surface area contributed by atoms with Gasteiger partial charge in [0.2, 0.25) is 5.91 Å². The van der Waals surface area contributed by atoms with Crippen LogP contribution < -0.4 is 11.1 Å². The van der Waals surface area contributed by atoms with Crippen LogP contribution in [0.1, 0.15) is 12.5 Å². The van der Waals surface area contributed by atoms with E-state index in [1.807, 2.05) is 6.92 Å². The number of nitrogens with one attached hydrogen (secondary N) is 1. The molecule has 0 fully saturated rings. The number of nitrogens with zero attached hydrogens (tertiary/aromatic N) is 1. The van der Waals surface area contributed by atoms with E-state index in [1.165, 1.54) is 12.1 Å². The zero-order valence-corrected chi connectivity index (χ0v) is 11.2. The topological polar surface area (TPSA) is 58.4 Å². The number of benzene rings is 1. The van der Waals surface area contributed by atoms with Crippen molar-refractivity contribution in [2.24, 2.45) is 5.73 Å². The Morgan fingerprint density at radius 3 is 2.78 bits per heavy atom. The van der Waals surface area contributed by atoms with Crippen LogP contribution in [-0.2, 0) is 4.79 Å². The highest BCUT2D eigenvalue weighted by Gasteiger charge is 2.12. The van der Waals surface area contributed by atoms with E-state index in [0.29, 0.717) is 12.2 Å². The van der Waals surface area contributed by atoms with Crippen LogP contribution in [0.3, 0.4) is 0 Å². The van der Waals surface area contributed by atoms with Gasteiger partial charge < -0.3 is 16.0 Å². The van der Waals surface area contributed by atoms with Gasteiger partial charge in [-0.2, -0.15) is 0 Å². The maximum Gasteiger partial charge on any atom is 0.241 e. The normalized spacial score (nSPS) is 9.94. The number of carbonyl (C=O) groups excluding carboxylic acids is 1. The fraction of sp³-hybridized carbons (Fsp3) is 0.333. The molecule has 98 valence electrons. The van der Waals surface area contributed by atoms with E-state index < -0.39 is 5.82 Å². The van der Waals surface area contributed by atoms with E-state index in [9.17, 15) is 9.18 Å². The Hall–Kier alpha value is -1.69. The summed E-state index contributed by atoms with van der Waals surface area (Å²) < 4.78 is 13.5. The van der Waals surface area contributed by atoms with Crippen molar-refractivity contribution in [1.29, 1.82) is 0 Å². The first-order valence-electron chi connectivity index (χ1n) is 5.53. The lowest BCUT2D eigenvalue weighted by molar-refractivity contribution is -0.127. The quantitative estimate of drug-likeness (QED) is 0.792. The average molecular weight is 269 g/mol. The van der Waals surface area contributed by atoms with Crippen LogP contribution in [0.5, 0.6) is 0 Å². The molecule has 0 aliphatic heterocycles. The molecule has 0 aromatic heterocycles. The van der Waals surface area contributed by atoms with Crippen molar-refractivity contribution >= 4 is 28.8 Å². The summed E-state index contributed by atoms with van der Waals surface area (Å²) in [6.07, 6.45) is 0. The Morgan fingerprint density at radius 1 is 1.56 bits per heavy atom. The molecule has 1 amide bonds.